The number of hydrogen-bond donors (Lipinski definition) is 1. The minimum atomic E-state index is -0.995. The van der Waals surface area contributed by atoms with Crippen LogP contribution < -0.4 is 9.47 Å². The molecule has 0 aliphatic carbocycles. The molecule has 0 spiro atoms. The van der Waals surface area contributed by atoms with Crippen LogP contribution in [0.2, 0.25) is 0 Å². The predicted molar refractivity (Wildman–Crippen MR) is 144 cm³/mol. The van der Waals surface area contributed by atoms with Crippen LogP contribution in [0.3, 0.4) is 0 Å². The van der Waals surface area contributed by atoms with Gasteiger partial charge in [0.1, 0.15) is 0 Å². The third kappa shape index (κ3) is 5.84. The Balaban J connectivity index is 0.00000112. The molecule has 0 aliphatic heterocycles. The van der Waals surface area contributed by atoms with Crippen molar-refractivity contribution in [2.24, 2.45) is 0 Å². The van der Waals surface area contributed by atoms with Gasteiger partial charge in [-0.3, -0.25) is 4.57 Å². The first-order valence-electron chi connectivity index (χ1n) is 12.0. The number of imidazole rings is 1. The van der Waals surface area contributed by atoms with Crippen molar-refractivity contribution in [2.45, 2.75) is 13.5 Å². The molecule has 9 nitrogen and oxygen atoms in total. The second kappa shape index (κ2) is 12.3. The molecule has 0 bridgehead atoms. The molecule has 0 aliphatic rings. The maximum absolute atomic E-state index is 11.9. The van der Waals surface area contributed by atoms with E-state index in [-0.39, 0.29) is 11.7 Å². The summed E-state index contributed by atoms with van der Waals surface area (Å²) in [5.41, 5.74) is 6.44. The van der Waals surface area contributed by atoms with E-state index in [1.54, 1.807) is 31.5 Å². The van der Waals surface area contributed by atoms with E-state index in [1.807, 2.05) is 47.9 Å². The Hall–Kier alpha value is -5.27. The third-order valence-corrected chi connectivity index (χ3v) is 6.00. The van der Waals surface area contributed by atoms with Gasteiger partial charge in [-0.2, -0.15) is 14.6 Å². The Morgan fingerprint density at radius 2 is 1.67 bits per heavy atom. The van der Waals surface area contributed by atoms with E-state index in [9.17, 15) is 9.90 Å². The van der Waals surface area contributed by atoms with E-state index in [4.69, 9.17) is 19.1 Å². The summed E-state index contributed by atoms with van der Waals surface area (Å²) >= 11 is 0. The Morgan fingerprint density at radius 1 is 0.949 bits per heavy atom. The van der Waals surface area contributed by atoms with Gasteiger partial charge in [0.15, 0.2) is 0 Å². The van der Waals surface area contributed by atoms with Gasteiger partial charge >= 0.3 is 12.1 Å². The third-order valence-electron chi connectivity index (χ3n) is 6.00. The van der Waals surface area contributed by atoms with Gasteiger partial charge in [-0.1, -0.05) is 48.5 Å². The number of carboxylic acids is 1. The molecule has 3 aromatic carbocycles. The summed E-state index contributed by atoms with van der Waals surface area (Å²) in [4.78, 5) is 36.9. The van der Waals surface area contributed by atoms with Crippen LogP contribution in [-0.4, -0.2) is 45.5 Å². The van der Waals surface area contributed by atoms with Gasteiger partial charge in [0.05, 0.1) is 36.9 Å². The number of carboxylic acid groups (broad SMARTS) is 1. The SMILES string of the molecule is CCOc1nc2cccc(C(=O)O)c2n1Cc1ccc(-c2cccc(-c3cccnc3OC)c2)cc1.O=C=O. The van der Waals surface area contributed by atoms with Gasteiger partial charge in [-0.25, -0.2) is 9.78 Å². The van der Waals surface area contributed by atoms with Crippen molar-refractivity contribution in [3.8, 4) is 34.1 Å². The molecule has 0 radical (unpaired) electrons. The standard InChI is InChI=1S/C29H25N3O4.CO2/c1-3-36-29-31-25-11-5-9-24(28(33)34)26(25)32(29)18-19-12-14-20(15-13-19)21-7-4-8-22(17-21)23-10-6-16-30-27(23)35-2;2-1-3/h4-17H,3,18H2,1-2H3,(H,33,34);. The number of carbonyl (C=O) groups excluding carboxylic acids is 2. The maximum Gasteiger partial charge on any atom is 0.373 e. The average molecular weight is 524 g/mol. The van der Waals surface area contributed by atoms with Crippen molar-refractivity contribution in [2.75, 3.05) is 13.7 Å². The molecule has 39 heavy (non-hydrogen) atoms. The van der Waals surface area contributed by atoms with Crippen LogP contribution in [0.5, 0.6) is 11.9 Å². The molecule has 0 saturated carbocycles. The smallest absolute Gasteiger partial charge is 0.373 e. The molecule has 0 atom stereocenters. The number of benzene rings is 3. The Bertz CT molecular complexity index is 1640. The summed E-state index contributed by atoms with van der Waals surface area (Å²) < 4.78 is 13.0. The highest BCUT2D eigenvalue weighted by Crippen LogP contribution is 2.32. The molecule has 1 N–H and O–H groups in total. The van der Waals surface area contributed by atoms with Gasteiger partial charge in [-0.15, -0.1) is 0 Å². The maximum atomic E-state index is 11.9. The lowest BCUT2D eigenvalue weighted by Gasteiger charge is -2.12. The quantitative estimate of drug-likeness (QED) is 0.290. The molecule has 9 heteroatoms. The molecular formula is C30H25N3O6. The molecular weight excluding hydrogens is 498 g/mol. The zero-order valence-electron chi connectivity index (χ0n) is 21.3. The summed E-state index contributed by atoms with van der Waals surface area (Å²) in [6, 6.07) is 25.8. The van der Waals surface area contributed by atoms with Crippen molar-refractivity contribution < 1.29 is 29.0 Å². The van der Waals surface area contributed by atoms with E-state index >= 15 is 0 Å². The number of para-hydroxylation sites is 1. The lowest BCUT2D eigenvalue weighted by atomic mass is 9.99. The monoisotopic (exact) mass is 523 g/mol. The number of hydrogen-bond acceptors (Lipinski definition) is 7. The molecule has 5 aromatic rings. The molecule has 0 saturated heterocycles. The molecule has 2 heterocycles. The van der Waals surface area contributed by atoms with Crippen LogP contribution in [0.4, 0.5) is 0 Å². The first-order valence-corrected chi connectivity index (χ1v) is 12.0. The van der Waals surface area contributed by atoms with Gasteiger partial charge in [0.2, 0.25) is 5.88 Å². The van der Waals surface area contributed by atoms with Crippen molar-refractivity contribution >= 4 is 23.2 Å². The van der Waals surface area contributed by atoms with Gasteiger partial charge < -0.3 is 14.6 Å². The first kappa shape index (κ1) is 26.8. The van der Waals surface area contributed by atoms with Crippen LogP contribution >= 0.6 is 0 Å². The highest BCUT2D eigenvalue weighted by molar-refractivity contribution is 6.01. The Morgan fingerprint density at radius 3 is 2.36 bits per heavy atom. The van der Waals surface area contributed by atoms with Crippen molar-refractivity contribution in [1.82, 2.24) is 14.5 Å². The van der Waals surface area contributed by atoms with Gasteiger partial charge in [-0.05, 0) is 59.5 Å². The number of aromatic nitrogens is 3. The number of ether oxygens (including phenoxy) is 2. The lowest BCUT2D eigenvalue weighted by molar-refractivity contribution is -0.191. The van der Waals surface area contributed by atoms with E-state index in [0.29, 0.717) is 36.1 Å². The normalized spacial score (nSPS) is 10.3. The molecule has 2 aromatic heterocycles. The van der Waals surface area contributed by atoms with E-state index in [1.165, 1.54) is 0 Å². The van der Waals surface area contributed by atoms with E-state index < -0.39 is 5.97 Å². The fourth-order valence-electron chi connectivity index (χ4n) is 4.35. The molecule has 196 valence electrons. The zero-order valence-corrected chi connectivity index (χ0v) is 21.3. The van der Waals surface area contributed by atoms with Crippen LogP contribution in [0, 0.1) is 0 Å². The Kier molecular flexibility index (Phi) is 8.46. The minimum Gasteiger partial charge on any atom is -0.481 e. The number of aromatic carboxylic acids is 1. The number of pyridine rings is 1. The summed E-state index contributed by atoms with van der Waals surface area (Å²) in [5.74, 6) is -0.409. The minimum absolute atomic E-state index is 0.199. The summed E-state index contributed by atoms with van der Waals surface area (Å²) in [7, 11) is 1.62. The zero-order chi connectivity index (χ0) is 27.8. The first-order chi connectivity index (χ1) is 19.0. The van der Waals surface area contributed by atoms with Crippen LogP contribution in [0.25, 0.3) is 33.3 Å². The van der Waals surface area contributed by atoms with Crippen LogP contribution in [0.1, 0.15) is 22.8 Å². The number of nitrogens with zero attached hydrogens (tertiary/aromatic N) is 3. The topological polar surface area (TPSA) is 121 Å². The fourth-order valence-corrected chi connectivity index (χ4v) is 4.35. The highest BCUT2D eigenvalue weighted by atomic mass is 16.5. The second-order valence-corrected chi connectivity index (χ2v) is 8.31. The van der Waals surface area contributed by atoms with Crippen LogP contribution in [0.15, 0.2) is 85.1 Å². The number of methoxy groups -OCH3 is 1. The number of rotatable bonds is 8. The van der Waals surface area contributed by atoms with Crippen LogP contribution in [-0.2, 0) is 16.1 Å². The molecule has 0 fully saturated rings. The Labute approximate surface area is 224 Å². The second-order valence-electron chi connectivity index (χ2n) is 8.31. The number of fused-ring (bicyclic) bond motifs is 1. The largest absolute Gasteiger partial charge is 0.481 e. The van der Waals surface area contributed by atoms with Gasteiger partial charge in [0, 0.05) is 11.8 Å². The van der Waals surface area contributed by atoms with Gasteiger partial charge in [0.25, 0.3) is 6.01 Å². The highest BCUT2D eigenvalue weighted by Gasteiger charge is 2.19. The average Bonchev–Trinajstić information content (AvgIpc) is 3.31. The molecule has 0 unspecified atom stereocenters. The van der Waals surface area contributed by atoms with Crippen molar-refractivity contribution in [3.63, 3.8) is 0 Å². The summed E-state index contributed by atoms with van der Waals surface area (Å²) in [6.07, 6.45) is 1.96. The summed E-state index contributed by atoms with van der Waals surface area (Å²) in [6.45, 7) is 2.75. The lowest BCUT2D eigenvalue weighted by Crippen LogP contribution is -2.08. The van der Waals surface area contributed by atoms with Crippen molar-refractivity contribution in [1.29, 1.82) is 0 Å². The van der Waals surface area contributed by atoms with Crippen molar-refractivity contribution in [3.05, 3.63) is 96.2 Å². The fraction of sp³-hybridized carbons (Fsp3) is 0.133. The van der Waals surface area contributed by atoms with E-state index in [0.717, 1.165) is 27.8 Å². The molecule has 5 rings (SSSR count). The number of carbonyl (C=O) groups is 1. The summed E-state index contributed by atoms with van der Waals surface area (Å²) in [5, 5.41) is 9.72. The predicted octanol–water partition coefficient (Wildman–Crippen LogP) is 5.34. The van der Waals surface area contributed by atoms with E-state index in [2.05, 4.69) is 34.2 Å². The molecule has 0 amide bonds.